The maximum absolute atomic E-state index is 13.3. The van der Waals surface area contributed by atoms with Gasteiger partial charge >= 0.3 is 0 Å². The van der Waals surface area contributed by atoms with Crippen molar-refractivity contribution in [2.75, 3.05) is 0 Å². The van der Waals surface area contributed by atoms with Crippen LogP contribution in [-0.4, -0.2) is 5.78 Å². The van der Waals surface area contributed by atoms with Gasteiger partial charge in [-0.2, -0.15) is 0 Å². The molecule has 2 saturated carbocycles. The Labute approximate surface area is 176 Å². The number of hydrogen-bond acceptors (Lipinski definition) is 1. The summed E-state index contributed by atoms with van der Waals surface area (Å²) in [6.07, 6.45) is 12.6. The molecule has 1 nitrogen and oxygen atoms in total. The standard InChI is InChI=1S/C28H36O/c1-20-7-6-10-26(21(20)2)28(29)19-27(24-8-4-3-5-9-24)25-17-15-23(16-18-25)14-13-22-11-12-22/h6-7,10,15-18,22,24,27H,3-5,8-9,11-14,19H2,1-2H3. The second-order valence-corrected chi connectivity index (χ2v) is 9.60. The predicted octanol–water partition coefficient (Wildman–Crippen LogP) is 7.58. The summed E-state index contributed by atoms with van der Waals surface area (Å²) >= 11 is 0. The summed E-state index contributed by atoms with van der Waals surface area (Å²) in [5.41, 5.74) is 6.13. The van der Waals surface area contributed by atoms with E-state index < -0.39 is 0 Å². The van der Waals surface area contributed by atoms with E-state index in [9.17, 15) is 4.79 Å². The van der Waals surface area contributed by atoms with Crippen LogP contribution in [0, 0.1) is 25.7 Å². The average Bonchev–Trinajstić information content (AvgIpc) is 3.58. The highest BCUT2D eigenvalue weighted by molar-refractivity contribution is 5.98. The van der Waals surface area contributed by atoms with E-state index in [4.69, 9.17) is 0 Å². The minimum absolute atomic E-state index is 0.319. The van der Waals surface area contributed by atoms with E-state index in [1.54, 1.807) is 0 Å². The van der Waals surface area contributed by atoms with Crippen LogP contribution >= 0.6 is 0 Å². The summed E-state index contributed by atoms with van der Waals surface area (Å²) < 4.78 is 0. The van der Waals surface area contributed by atoms with Crippen LogP contribution in [0.4, 0.5) is 0 Å². The lowest BCUT2D eigenvalue weighted by atomic mass is 9.74. The summed E-state index contributed by atoms with van der Waals surface area (Å²) in [5.74, 6) is 2.31. The summed E-state index contributed by atoms with van der Waals surface area (Å²) in [6, 6.07) is 15.5. The molecule has 0 N–H and O–H groups in total. The largest absolute Gasteiger partial charge is 0.294 e. The molecular weight excluding hydrogens is 352 g/mol. The van der Waals surface area contributed by atoms with E-state index in [0.717, 1.165) is 17.0 Å². The van der Waals surface area contributed by atoms with Crippen molar-refractivity contribution < 1.29 is 4.79 Å². The first-order chi connectivity index (χ1) is 14.1. The SMILES string of the molecule is Cc1cccc(C(=O)CC(c2ccc(CCC3CC3)cc2)C2CCCCC2)c1C. The zero-order valence-corrected chi connectivity index (χ0v) is 18.3. The number of Topliss-reactive ketones (excluding diaryl/α,β-unsaturated/α-hetero) is 1. The number of carbonyl (C=O) groups is 1. The number of carbonyl (C=O) groups excluding carboxylic acids is 1. The molecule has 0 bridgehead atoms. The van der Waals surface area contributed by atoms with Gasteiger partial charge in [0, 0.05) is 12.0 Å². The molecule has 154 valence electrons. The second kappa shape index (κ2) is 9.28. The molecule has 0 amide bonds. The van der Waals surface area contributed by atoms with Gasteiger partial charge in [0.1, 0.15) is 0 Å². The highest BCUT2D eigenvalue weighted by atomic mass is 16.1. The minimum atomic E-state index is 0.319. The van der Waals surface area contributed by atoms with Crippen molar-refractivity contribution in [3.8, 4) is 0 Å². The monoisotopic (exact) mass is 388 g/mol. The van der Waals surface area contributed by atoms with Gasteiger partial charge in [-0.25, -0.2) is 0 Å². The van der Waals surface area contributed by atoms with Crippen LogP contribution in [0.25, 0.3) is 0 Å². The number of hydrogen-bond donors (Lipinski definition) is 0. The fourth-order valence-electron chi connectivity index (χ4n) is 5.16. The number of aryl methyl sites for hydroxylation is 2. The molecule has 1 atom stereocenters. The number of rotatable bonds is 8. The van der Waals surface area contributed by atoms with Gasteiger partial charge in [0.2, 0.25) is 0 Å². The van der Waals surface area contributed by atoms with Gasteiger partial charge in [-0.05, 0) is 79.5 Å². The van der Waals surface area contributed by atoms with Gasteiger partial charge < -0.3 is 0 Å². The van der Waals surface area contributed by atoms with Gasteiger partial charge in [-0.3, -0.25) is 4.79 Å². The van der Waals surface area contributed by atoms with E-state index >= 15 is 0 Å². The van der Waals surface area contributed by atoms with Gasteiger partial charge in [0.25, 0.3) is 0 Å². The van der Waals surface area contributed by atoms with E-state index in [1.807, 2.05) is 12.1 Å². The molecule has 0 radical (unpaired) electrons. The van der Waals surface area contributed by atoms with Crippen LogP contribution in [0.1, 0.15) is 96.3 Å². The highest BCUT2D eigenvalue weighted by Gasteiger charge is 2.28. The van der Waals surface area contributed by atoms with Crippen molar-refractivity contribution in [2.24, 2.45) is 11.8 Å². The van der Waals surface area contributed by atoms with Gasteiger partial charge in [-0.1, -0.05) is 74.6 Å². The third-order valence-corrected chi connectivity index (χ3v) is 7.48. The fourth-order valence-corrected chi connectivity index (χ4v) is 5.16. The molecule has 0 aliphatic heterocycles. The van der Waals surface area contributed by atoms with E-state index in [0.29, 0.717) is 24.0 Å². The smallest absolute Gasteiger partial charge is 0.163 e. The Morgan fingerprint density at radius 1 is 0.931 bits per heavy atom. The molecular formula is C28H36O. The Kier molecular flexibility index (Phi) is 6.53. The zero-order valence-electron chi connectivity index (χ0n) is 18.3. The molecule has 1 heteroatoms. The van der Waals surface area contributed by atoms with E-state index in [2.05, 4.69) is 44.2 Å². The lowest BCUT2D eigenvalue weighted by Gasteiger charge is -2.30. The molecule has 2 aromatic rings. The Balaban J connectivity index is 1.52. The van der Waals surface area contributed by atoms with Gasteiger partial charge in [0.15, 0.2) is 5.78 Å². The Bertz CT molecular complexity index is 822. The summed E-state index contributed by atoms with van der Waals surface area (Å²) in [5, 5.41) is 0. The predicted molar refractivity (Wildman–Crippen MR) is 122 cm³/mol. The number of benzene rings is 2. The van der Waals surface area contributed by atoms with Crippen LogP contribution in [0.2, 0.25) is 0 Å². The Hall–Kier alpha value is -1.89. The Morgan fingerprint density at radius 2 is 1.66 bits per heavy atom. The van der Waals surface area contributed by atoms with E-state index in [1.165, 1.54) is 74.5 Å². The molecule has 0 saturated heterocycles. The normalized spacial score (nSPS) is 18.6. The maximum atomic E-state index is 13.3. The first kappa shape index (κ1) is 20.4. The van der Waals surface area contributed by atoms with E-state index in [-0.39, 0.29) is 0 Å². The van der Waals surface area contributed by atoms with Crippen LogP contribution in [0.5, 0.6) is 0 Å². The first-order valence-electron chi connectivity index (χ1n) is 11.8. The summed E-state index contributed by atoms with van der Waals surface area (Å²) in [7, 11) is 0. The van der Waals surface area contributed by atoms with Crippen LogP contribution in [-0.2, 0) is 6.42 Å². The second-order valence-electron chi connectivity index (χ2n) is 9.60. The maximum Gasteiger partial charge on any atom is 0.163 e. The minimum Gasteiger partial charge on any atom is -0.294 e. The molecule has 29 heavy (non-hydrogen) atoms. The molecule has 2 aliphatic carbocycles. The summed E-state index contributed by atoms with van der Waals surface area (Å²) in [6.45, 7) is 4.19. The van der Waals surface area contributed by atoms with Crippen LogP contribution in [0.3, 0.4) is 0 Å². The lowest BCUT2D eigenvalue weighted by molar-refractivity contribution is 0.0957. The molecule has 2 aromatic carbocycles. The van der Waals surface area contributed by atoms with Crippen molar-refractivity contribution in [2.45, 2.75) is 84.0 Å². The van der Waals surface area contributed by atoms with Crippen molar-refractivity contribution >= 4 is 5.78 Å². The van der Waals surface area contributed by atoms with Crippen molar-refractivity contribution in [1.82, 2.24) is 0 Å². The molecule has 2 fully saturated rings. The molecule has 4 rings (SSSR count). The van der Waals surface area contributed by atoms with Crippen LogP contribution in [0.15, 0.2) is 42.5 Å². The highest BCUT2D eigenvalue weighted by Crippen LogP contribution is 2.39. The lowest BCUT2D eigenvalue weighted by Crippen LogP contribution is -2.20. The zero-order chi connectivity index (χ0) is 20.2. The third kappa shape index (κ3) is 5.18. The fraction of sp³-hybridized carbons (Fsp3) is 0.536. The van der Waals surface area contributed by atoms with Crippen LogP contribution < -0.4 is 0 Å². The topological polar surface area (TPSA) is 17.1 Å². The summed E-state index contributed by atoms with van der Waals surface area (Å²) in [4.78, 5) is 13.3. The molecule has 0 heterocycles. The molecule has 0 aromatic heterocycles. The molecule has 1 unspecified atom stereocenters. The van der Waals surface area contributed by atoms with Gasteiger partial charge in [-0.15, -0.1) is 0 Å². The first-order valence-corrected chi connectivity index (χ1v) is 11.8. The van der Waals surface area contributed by atoms with Crippen molar-refractivity contribution in [3.63, 3.8) is 0 Å². The van der Waals surface area contributed by atoms with Gasteiger partial charge in [0.05, 0.1) is 0 Å². The van der Waals surface area contributed by atoms with Crippen molar-refractivity contribution in [3.05, 3.63) is 70.3 Å². The third-order valence-electron chi connectivity index (χ3n) is 7.48. The van der Waals surface area contributed by atoms with Crippen molar-refractivity contribution in [1.29, 1.82) is 0 Å². The molecule has 2 aliphatic rings. The molecule has 0 spiro atoms. The Morgan fingerprint density at radius 3 is 2.34 bits per heavy atom. The quantitative estimate of drug-likeness (QED) is 0.426. The average molecular weight is 389 g/mol. The number of ketones is 1.